The van der Waals surface area contributed by atoms with Crippen molar-refractivity contribution in [3.8, 4) is 16.9 Å². The van der Waals surface area contributed by atoms with Crippen LogP contribution in [0.3, 0.4) is 0 Å². The van der Waals surface area contributed by atoms with Gasteiger partial charge in [0, 0.05) is 41.1 Å². The standard InChI is InChI=1S/C21H20FN3O3/c1-12-18(13(2)28-25-12)9-20(26)24-11-17-7-15-6-16(22)8-19(21(15)27-17)14-4-3-5-23-10-14/h3-6,8,10,17H,7,9,11H2,1-2H3,(H,24,26)/t17-/m1/s1. The average molecular weight is 381 g/mol. The number of hydrogen-bond donors (Lipinski definition) is 1. The summed E-state index contributed by atoms with van der Waals surface area (Å²) in [6, 6.07) is 6.60. The fraction of sp³-hybridized carbons (Fsp3) is 0.286. The van der Waals surface area contributed by atoms with Gasteiger partial charge in [0.2, 0.25) is 5.91 Å². The van der Waals surface area contributed by atoms with Crippen LogP contribution in [0.4, 0.5) is 4.39 Å². The summed E-state index contributed by atoms with van der Waals surface area (Å²) in [6.45, 7) is 3.93. The molecule has 3 aromatic rings. The van der Waals surface area contributed by atoms with Crippen molar-refractivity contribution in [3.05, 3.63) is 65.1 Å². The molecule has 1 aliphatic heterocycles. The van der Waals surface area contributed by atoms with Crippen LogP contribution in [0.15, 0.2) is 41.2 Å². The van der Waals surface area contributed by atoms with E-state index in [0.717, 1.165) is 16.7 Å². The Morgan fingerprint density at radius 1 is 1.36 bits per heavy atom. The van der Waals surface area contributed by atoms with E-state index < -0.39 is 0 Å². The number of pyridine rings is 1. The van der Waals surface area contributed by atoms with Crippen LogP contribution in [-0.2, 0) is 17.6 Å². The highest BCUT2D eigenvalue weighted by atomic mass is 19.1. The molecule has 0 bridgehead atoms. The van der Waals surface area contributed by atoms with Crippen LogP contribution in [0.25, 0.3) is 11.1 Å². The van der Waals surface area contributed by atoms with E-state index in [0.29, 0.717) is 35.7 Å². The lowest BCUT2D eigenvalue weighted by molar-refractivity contribution is -0.120. The molecule has 0 unspecified atom stereocenters. The number of fused-ring (bicyclic) bond motifs is 1. The summed E-state index contributed by atoms with van der Waals surface area (Å²) in [4.78, 5) is 16.4. The molecule has 0 fully saturated rings. The first-order chi connectivity index (χ1) is 13.5. The largest absolute Gasteiger partial charge is 0.487 e. The molecular formula is C21H20FN3O3. The molecule has 6 nitrogen and oxygen atoms in total. The first-order valence-electron chi connectivity index (χ1n) is 9.09. The van der Waals surface area contributed by atoms with Gasteiger partial charge in [-0.3, -0.25) is 9.78 Å². The maximum Gasteiger partial charge on any atom is 0.224 e. The molecule has 28 heavy (non-hydrogen) atoms. The molecule has 0 saturated carbocycles. The summed E-state index contributed by atoms with van der Waals surface area (Å²) in [5.74, 6) is 0.852. The number of benzene rings is 1. The number of ether oxygens (including phenoxy) is 1. The van der Waals surface area contributed by atoms with E-state index in [2.05, 4.69) is 15.5 Å². The molecular weight excluding hydrogens is 361 g/mol. The van der Waals surface area contributed by atoms with Crippen molar-refractivity contribution in [3.63, 3.8) is 0 Å². The number of nitrogens with zero attached hydrogens (tertiary/aromatic N) is 2. The molecule has 3 heterocycles. The summed E-state index contributed by atoms with van der Waals surface area (Å²) < 4.78 is 25.2. The number of aryl methyl sites for hydroxylation is 2. The van der Waals surface area contributed by atoms with Gasteiger partial charge in [-0.15, -0.1) is 0 Å². The maximum atomic E-state index is 14.1. The summed E-state index contributed by atoms with van der Waals surface area (Å²) in [6.07, 6.45) is 3.83. The maximum absolute atomic E-state index is 14.1. The van der Waals surface area contributed by atoms with E-state index in [1.165, 1.54) is 12.1 Å². The molecule has 1 N–H and O–H groups in total. The van der Waals surface area contributed by atoms with Crippen molar-refractivity contribution < 1.29 is 18.4 Å². The van der Waals surface area contributed by atoms with E-state index in [1.54, 1.807) is 25.4 Å². The fourth-order valence-electron chi connectivity index (χ4n) is 3.45. The molecule has 1 atom stereocenters. The Balaban J connectivity index is 1.43. The number of amides is 1. The second-order valence-electron chi connectivity index (χ2n) is 6.91. The molecule has 0 saturated heterocycles. The van der Waals surface area contributed by atoms with Gasteiger partial charge in [0.15, 0.2) is 0 Å². The molecule has 1 amide bonds. The van der Waals surface area contributed by atoms with Crippen molar-refractivity contribution >= 4 is 5.91 Å². The highest BCUT2D eigenvalue weighted by molar-refractivity contribution is 5.79. The SMILES string of the molecule is Cc1noc(C)c1CC(=O)NC[C@H]1Cc2cc(F)cc(-c3cccnc3)c2O1. The van der Waals surface area contributed by atoms with Crippen molar-refractivity contribution in [1.29, 1.82) is 0 Å². The molecule has 0 radical (unpaired) electrons. The predicted octanol–water partition coefficient (Wildman–Crippen LogP) is 3.15. The lowest BCUT2D eigenvalue weighted by Crippen LogP contribution is -2.35. The van der Waals surface area contributed by atoms with Crippen LogP contribution >= 0.6 is 0 Å². The van der Waals surface area contributed by atoms with Crippen LogP contribution in [0.5, 0.6) is 5.75 Å². The normalized spacial score (nSPS) is 15.2. The Labute approximate surface area is 161 Å². The van der Waals surface area contributed by atoms with E-state index in [4.69, 9.17) is 9.26 Å². The number of carbonyl (C=O) groups is 1. The Hall–Kier alpha value is -3.22. The number of rotatable bonds is 5. The van der Waals surface area contributed by atoms with Crippen molar-refractivity contribution in [2.45, 2.75) is 32.8 Å². The van der Waals surface area contributed by atoms with Gasteiger partial charge < -0.3 is 14.6 Å². The van der Waals surface area contributed by atoms with Crippen LogP contribution in [0.2, 0.25) is 0 Å². The summed E-state index contributed by atoms with van der Waals surface area (Å²) in [5, 5.41) is 6.75. The van der Waals surface area contributed by atoms with E-state index in [1.807, 2.05) is 13.0 Å². The van der Waals surface area contributed by atoms with Gasteiger partial charge >= 0.3 is 0 Å². The predicted molar refractivity (Wildman–Crippen MR) is 100 cm³/mol. The molecule has 2 aromatic heterocycles. The van der Waals surface area contributed by atoms with E-state index in [9.17, 15) is 9.18 Å². The second-order valence-corrected chi connectivity index (χ2v) is 6.91. The lowest BCUT2D eigenvalue weighted by atomic mass is 10.0. The molecule has 0 aliphatic carbocycles. The van der Waals surface area contributed by atoms with Gasteiger partial charge in [0.25, 0.3) is 0 Å². The van der Waals surface area contributed by atoms with Crippen molar-refractivity contribution in [1.82, 2.24) is 15.5 Å². The van der Waals surface area contributed by atoms with Crippen LogP contribution in [0, 0.1) is 19.7 Å². The fourth-order valence-corrected chi connectivity index (χ4v) is 3.45. The lowest BCUT2D eigenvalue weighted by Gasteiger charge is -2.13. The Morgan fingerprint density at radius 2 is 2.21 bits per heavy atom. The third-order valence-electron chi connectivity index (χ3n) is 4.88. The number of halogens is 1. The first kappa shape index (κ1) is 18.2. The minimum atomic E-state index is -0.315. The van der Waals surface area contributed by atoms with Gasteiger partial charge in [-0.05, 0) is 32.0 Å². The van der Waals surface area contributed by atoms with Crippen LogP contribution in [-0.4, -0.2) is 28.7 Å². The van der Waals surface area contributed by atoms with Crippen molar-refractivity contribution in [2.24, 2.45) is 0 Å². The number of nitrogens with one attached hydrogen (secondary N) is 1. The van der Waals surface area contributed by atoms with E-state index >= 15 is 0 Å². The highest BCUT2D eigenvalue weighted by Crippen LogP contribution is 2.39. The number of carbonyl (C=O) groups excluding carboxylic acids is 1. The second kappa shape index (κ2) is 7.42. The van der Waals surface area contributed by atoms with Gasteiger partial charge in [-0.2, -0.15) is 0 Å². The quantitative estimate of drug-likeness (QED) is 0.735. The molecule has 4 rings (SSSR count). The van der Waals surface area contributed by atoms with E-state index in [-0.39, 0.29) is 24.2 Å². The molecule has 7 heteroatoms. The highest BCUT2D eigenvalue weighted by Gasteiger charge is 2.27. The van der Waals surface area contributed by atoms with Gasteiger partial charge in [0.05, 0.1) is 18.7 Å². The summed E-state index contributed by atoms with van der Waals surface area (Å²) >= 11 is 0. The molecule has 1 aliphatic rings. The summed E-state index contributed by atoms with van der Waals surface area (Å²) in [5.41, 5.74) is 3.78. The minimum Gasteiger partial charge on any atom is -0.487 e. The van der Waals surface area contributed by atoms with Crippen LogP contribution < -0.4 is 10.1 Å². The molecule has 144 valence electrons. The third kappa shape index (κ3) is 3.60. The molecule has 0 spiro atoms. The smallest absolute Gasteiger partial charge is 0.224 e. The van der Waals surface area contributed by atoms with Crippen molar-refractivity contribution in [2.75, 3.05) is 6.54 Å². The van der Waals surface area contributed by atoms with Gasteiger partial charge in [-0.1, -0.05) is 11.2 Å². The Bertz CT molecular complexity index is 998. The van der Waals surface area contributed by atoms with Gasteiger partial charge in [0.1, 0.15) is 23.4 Å². The number of aromatic nitrogens is 2. The Kier molecular flexibility index (Phi) is 4.81. The minimum absolute atomic E-state index is 0.132. The zero-order chi connectivity index (χ0) is 19.7. The zero-order valence-corrected chi connectivity index (χ0v) is 15.7. The first-order valence-corrected chi connectivity index (χ1v) is 9.09. The Morgan fingerprint density at radius 3 is 2.93 bits per heavy atom. The molecule has 1 aromatic carbocycles. The monoisotopic (exact) mass is 381 g/mol. The van der Waals surface area contributed by atoms with Crippen LogP contribution in [0.1, 0.15) is 22.6 Å². The average Bonchev–Trinajstić information content (AvgIpc) is 3.24. The topological polar surface area (TPSA) is 77.3 Å². The van der Waals surface area contributed by atoms with Gasteiger partial charge in [-0.25, -0.2) is 4.39 Å². The third-order valence-corrected chi connectivity index (χ3v) is 4.88. The summed E-state index contributed by atoms with van der Waals surface area (Å²) in [7, 11) is 0. The zero-order valence-electron chi connectivity index (χ0n) is 15.7. The number of hydrogen-bond acceptors (Lipinski definition) is 5.